The maximum Gasteiger partial charge on any atom is 0.283 e. The number of nitrogens with zero attached hydrogens (tertiary/aromatic N) is 1. The average Bonchev–Trinajstić information content (AvgIpc) is 3.05. The first-order valence-corrected chi connectivity index (χ1v) is 11.9. The Balaban J connectivity index is 1.61. The standard InChI is InChI=1S/C27H24FN3O3S/c1-17(2)16-23(32)29-20-10-14-22(15-11-20)35-25-24(30-19-6-4-3-5-7-19)26(33)31(27(25)34)21-12-8-18(28)9-13-21/h3-15,17,30H,16H2,1-2H3,(H,29,32). The van der Waals surface area contributed by atoms with Crippen LogP contribution >= 0.6 is 11.8 Å². The van der Waals surface area contributed by atoms with E-state index in [1.54, 1.807) is 36.4 Å². The molecular weight excluding hydrogens is 465 g/mol. The molecule has 0 bridgehead atoms. The quantitative estimate of drug-likeness (QED) is 0.391. The summed E-state index contributed by atoms with van der Waals surface area (Å²) in [5, 5.41) is 5.93. The smallest absolute Gasteiger partial charge is 0.283 e. The van der Waals surface area contributed by atoms with Crippen LogP contribution in [-0.2, 0) is 14.4 Å². The second-order valence-corrected chi connectivity index (χ2v) is 9.47. The highest BCUT2D eigenvalue weighted by molar-refractivity contribution is 8.04. The third-order valence-corrected chi connectivity index (χ3v) is 6.21. The highest BCUT2D eigenvalue weighted by atomic mass is 32.2. The van der Waals surface area contributed by atoms with Crippen LogP contribution in [0.4, 0.5) is 21.5 Å². The van der Waals surface area contributed by atoms with Crippen molar-refractivity contribution in [3.8, 4) is 0 Å². The highest BCUT2D eigenvalue weighted by Crippen LogP contribution is 2.38. The number of nitrogens with one attached hydrogen (secondary N) is 2. The molecule has 0 radical (unpaired) electrons. The molecule has 0 aliphatic carbocycles. The molecule has 0 aromatic heterocycles. The van der Waals surface area contributed by atoms with E-state index < -0.39 is 17.6 Å². The van der Waals surface area contributed by atoms with Crippen LogP contribution in [0.3, 0.4) is 0 Å². The molecule has 1 aliphatic heterocycles. The predicted octanol–water partition coefficient (Wildman–Crippen LogP) is 5.80. The topological polar surface area (TPSA) is 78.5 Å². The number of hydrogen-bond donors (Lipinski definition) is 2. The van der Waals surface area contributed by atoms with Crippen LogP contribution in [0.2, 0.25) is 0 Å². The number of carbonyl (C=O) groups is 3. The van der Waals surface area contributed by atoms with Crippen molar-refractivity contribution in [2.45, 2.75) is 25.2 Å². The average molecular weight is 490 g/mol. The molecule has 4 rings (SSSR count). The van der Waals surface area contributed by atoms with Crippen molar-refractivity contribution >= 4 is 46.5 Å². The van der Waals surface area contributed by atoms with Crippen LogP contribution in [-0.4, -0.2) is 17.7 Å². The molecule has 1 heterocycles. The zero-order chi connectivity index (χ0) is 24.9. The summed E-state index contributed by atoms with van der Waals surface area (Å²) >= 11 is 1.15. The summed E-state index contributed by atoms with van der Waals surface area (Å²) in [6.45, 7) is 3.95. The van der Waals surface area contributed by atoms with Gasteiger partial charge in [0.15, 0.2) is 0 Å². The lowest BCUT2D eigenvalue weighted by Crippen LogP contribution is -2.32. The number of amides is 3. The van der Waals surface area contributed by atoms with E-state index in [0.29, 0.717) is 17.8 Å². The van der Waals surface area contributed by atoms with E-state index in [1.807, 2.05) is 32.0 Å². The fourth-order valence-corrected chi connectivity index (χ4v) is 4.44. The molecular formula is C27H24FN3O3S. The van der Waals surface area contributed by atoms with E-state index in [-0.39, 0.29) is 28.1 Å². The lowest BCUT2D eigenvalue weighted by atomic mass is 10.1. The Morgan fingerprint density at radius 3 is 2.17 bits per heavy atom. The van der Waals surface area contributed by atoms with Crippen LogP contribution in [0.1, 0.15) is 20.3 Å². The molecule has 8 heteroatoms. The zero-order valence-electron chi connectivity index (χ0n) is 19.2. The first-order chi connectivity index (χ1) is 16.8. The van der Waals surface area contributed by atoms with Gasteiger partial charge in [-0.05, 0) is 66.6 Å². The molecule has 3 aromatic carbocycles. The van der Waals surface area contributed by atoms with Gasteiger partial charge in [0.2, 0.25) is 5.91 Å². The largest absolute Gasteiger partial charge is 0.350 e. The van der Waals surface area contributed by atoms with E-state index in [2.05, 4.69) is 10.6 Å². The van der Waals surface area contributed by atoms with Gasteiger partial charge in [-0.2, -0.15) is 0 Å². The number of halogens is 1. The van der Waals surface area contributed by atoms with Crippen molar-refractivity contribution in [3.05, 3.63) is 95.3 Å². The molecule has 178 valence electrons. The number of rotatable bonds is 8. The summed E-state index contributed by atoms with van der Waals surface area (Å²) in [5.41, 5.74) is 1.74. The van der Waals surface area contributed by atoms with Crippen molar-refractivity contribution < 1.29 is 18.8 Å². The van der Waals surface area contributed by atoms with Crippen LogP contribution in [0.5, 0.6) is 0 Å². The van der Waals surface area contributed by atoms with Gasteiger partial charge in [0, 0.05) is 22.7 Å². The van der Waals surface area contributed by atoms with E-state index in [9.17, 15) is 18.8 Å². The van der Waals surface area contributed by atoms with Crippen molar-refractivity contribution in [1.82, 2.24) is 0 Å². The van der Waals surface area contributed by atoms with Crippen molar-refractivity contribution in [2.24, 2.45) is 5.92 Å². The molecule has 0 saturated heterocycles. The lowest BCUT2D eigenvalue weighted by Gasteiger charge is -2.15. The van der Waals surface area contributed by atoms with Gasteiger partial charge in [-0.3, -0.25) is 14.4 Å². The van der Waals surface area contributed by atoms with Crippen LogP contribution in [0.25, 0.3) is 0 Å². The normalized spacial score (nSPS) is 13.5. The molecule has 35 heavy (non-hydrogen) atoms. The first-order valence-electron chi connectivity index (χ1n) is 11.1. The van der Waals surface area contributed by atoms with Gasteiger partial charge in [0.25, 0.3) is 11.8 Å². The molecule has 0 atom stereocenters. The monoisotopic (exact) mass is 489 g/mol. The zero-order valence-corrected chi connectivity index (χ0v) is 20.1. The summed E-state index contributed by atoms with van der Waals surface area (Å²) < 4.78 is 13.4. The number of para-hydroxylation sites is 1. The van der Waals surface area contributed by atoms with E-state index in [4.69, 9.17) is 0 Å². The van der Waals surface area contributed by atoms with E-state index >= 15 is 0 Å². The van der Waals surface area contributed by atoms with Crippen molar-refractivity contribution in [2.75, 3.05) is 15.5 Å². The molecule has 0 fully saturated rings. The number of imide groups is 1. The summed E-state index contributed by atoms with van der Waals surface area (Å²) in [6, 6.07) is 21.4. The van der Waals surface area contributed by atoms with Gasteiger partial charge in [-0.1, -0.05) is 43.8 Å². The predicted molar refractivity (Wildman–Crippen MR) is 136 cm³/mol. The molecule has 0 spiro atoms. The first kappa shape index (κ1) is 24.2. The van der Waals surface area contributed by atoms with E-state index in [0.717, 1.165) is 21.6 Å². The van der Waals surface area contributed by atoms with Gasteiger partial charge >= 0.3 is 0 Å². The van der Waals surface area contributed by atoms with Crippen molar-refractivity contribution in [1.29, 1.82) is 0 Å². The van der Waals surface area contributed by atoms with E-state index in [1.165, 1.54) is 24.3 Å². The molecule has 3 amide bonds. The number of thioether (sulfide) groups is 1. The maximum absolute atomic E-state index is 13.4. The Morgan fingerprint density at radius 2 is 1.54 bits per heavy atom. The molecule has 3 aromatic rings. The number of anilines is 3. The minimum Gasteiger partial charge on any atom is -0.350 e. The molecule has 0 saturated carbocycles. The molecule has 1 aliphatic rings. The van der Waals surface area contributed by atoms with Crippen LogP contribution < -0.4 is 15.5 Å². The van der Waals surface area contributed by atoms with Crippen LogP contribution in [0, 0.1) is 11.7 Å². The molecule has 6 nitrogen and oxygen atoms in total. The van der Waals surface area contributed by atoms with Crippen LogP contribution in [0.15, 0.2) is 94.4 Å². The Morgan fingerprint density at radius 1 is 0.886 bits per heavy atom. The Labute approximate surface area is 207 Å². The minimum atomic E-state index is -0.523. The second-order valence-electron chi connectivity index (χ2n) is 8.39. The Bertz CT molecular complexity index is 1270. The maximum atomic E-state index is 13.4. The van der Waals surface area contributed by atoms with Gasteiger partial charge in [-0.15, -0.1) is 0 Å². The summed E-state index contributed by atoms with van der Waals surface area (Å²) in [5.74, 6) is -1.30. The number of hydrogen-bond acceptors (Lipinski definition) is 5. The Hall–Kier alpha value is -3.91. The van der Waals surface area contributed by atoms with Gasteiger partial charge in [0.05, 0.1) is 5.69 Å². The molecule has 0 unspecified atom stereocenters. The molecule has 2 N–H and O–H groups in total. The summed E-state index contributed by atoms with van der Waals surface area (Å²) in [4.78, 5) is 40.7. The van der Waals surface area contributed by atoms with Gasteiger partial charge < -0.3 is 10.6 Å². The number of carbonyl (C=O) groups excluding carboxylic acids is 3. The summed E-state index contributed by atoms with van der Waals surface area (Å²) in [6.07, 6.45) is 0.424. The highest BCUT2D eigenvalue weighted by Gasteiger charge is 2.40. The second kappa shape index (κ2) is 10.6. The SMILES string of the molecule is CC(C)CC(=O)Nc1ccc(SC2=C(Nc3ccccc3)C(=O)N(c3ccc(F)cc3)C2=O)cc1. The third-order valence-electron chi connectivity index (χ3n) is 5.12. The van der Waals surface area contributed by atoms with Gasteiger partial charge in [0.1, 0.15) is 16.4 Å². The fourth-order valence-electron chi connectivity index (χ4n) is 3.51. The lowest BCUT2D eigenvalue weighted by molar-refractivity contribution is -0.120. The van der Waals surface area contributed by atoms with Gasteiger partial charge in [-0.25, -0.2) is 9.29 Å². The fraction of sp³-hybridized carbons (Fsp3) is 0.148. The van der Waals surface area contributed by atoms with Crippen molar-refractivity contribution in [3.63, 3.8) is 0 Å². The Kier molecular flexibility index (Phi) is 7.31. The summed E-state index contributed by atoms with van der Waals surface area (Å²) in [7, 11) is 0. The number of benzene rings is 3. The third kappa shape index (κ3) is 5.78. The minimum absolute atomic E-state index is 0.0658.